The normalized spacial score (nSPS) is 11.0. The summed E-state index contributed by atoms with van der Waals surface area (Å²) < 4.78 is 0. The molecule has 0 aliphatic carbocycles. The van der Waals surface area contributed by atoms with Crippen molar-refractivity contribution in [3.63, 3.8) is 0 Å². The predicted octanol–water partition coefficient (Wildman–Crippen LogP) is 6.55. The van der Waals surface area contributed by atoms with Gasteiger partial charge in [-0.2, -0.15) is 0 Å². The molecular weight excluding hydrogens is 264 g/mol. The molecule has 0 aliphatic heterocycles. The molecule has 0 heterocycles. The number of aryl methyl sites for hydroxylation is 2. The van der Waals surface area contributed by atoms with Crippen molar-refractivity contribution in [1.29, 1.82) is 0 Å². The Morgan fingerprint density at radius 2 is 1.36 bits per heavy atom. The summed E-state index contributed by atoms with van der Waals surface area (Å²) in [5, 5.41) is 2.63. The molecule has 0 aromatic heterocycles. The molecule has 22 heavy (non-hydrogen) atoms. The second-order valence-electron chi connectivity index (χ2n) is 6.22. The van der Waals surface area contributed by atoms with Gasteiger partial charge in [-0.25, -0.2) is 0 Å². The van der Waals surface area contributed by atoms with Crippen LogP contribution in [0.5, 0.6) is 0 Å². The number of hydrogen-bond acceptors (Lipinski definition) is 0. The Labute approximate surface area is 133 Å². The fourth-order valence-electron chi connectivity index (χ4n) is 2.99. The fourth-order valence-corrected chi connectivity index (χ4v) is 2.99. The predicted molar refractivity (Wildman–Crippen MR) is 97.4 cm³/mol. The quantitative estimate of drug-likeness (QED) is 0.467. The zero-order valence-corrected chi connectivity index (χ0v) is 13.6. The lowest BCUT2D eigenvalue weighted by Crippen LogP contribution is -1.86. The molecule has 0 unspecified atom stereocenters. The second kappa shape index (κ2) is 6.79. The Hall–Kier alpha value is -2.08. The highest BCUT2D eigenvalue weighted by molar-refractivity contribution is 5.87. The molecule has 0 amide bonds. The van der Waals surface area contributed by atoms with E-state index in [1.807, 2.05) is 0 Å². The van der Waals surface area contributed by atoms with Crippen LogP contribution in [-0.4, -0.2) is 0 Å². The van der Waals surface area contributed by atoms with E-state index in [0.29, 0.717) is 0 Å². The highest BCUT2D eigenvalue weighted by Crippen LogP contribution is 2.25. The Morgan fingerprint density at radius 1 is 0.682 bits per heavy atom. The van der Waals surface area contributed by atoms with Crippen LogP contribution in [0.15, 0.2) is 60.7 Å². The van der Waals surface area contributed by atoms with Crippen molar-refractivity contribution >= 4 is 10.8 Å². The van der Waals surface area contributed by atoms with Gasteiger partial charge in [0.2, 0.25) is 0 Å². The lowest BCUT2D eigenvalue weighted by Gasteiger charge is -2.07. The van der Waals surface area contributed by atoms with Crippen LogP contribution in [0.4, 0.5) is 0 Å². The third-order valence-electron chi connectivity index (χ3n) is 4.35. The molecule has 0 radical (unpaired) electrons. The van der Waals surface area contributed by atoms with Gasteiger partial charge in [-0.15, -0.1) is 0 Å². The number of hydrogen-bond donors (Lipinski definition) is 0. The summed E-state index contributed by atoms with van der Waals surface area (Å²) in [5.41, 5.74) is 5.38. The topological polar surface area (TPSA) is 0 Å². The molecule has 0 saturated heterocycles. The Morgan fingerprint density at radius 3 is 2.14 bits per heavy atom. The van der Waals surface area contributed by atoms with E-state index < -0.39 is 0 Å². The molecule has 3 aromatic rings. The van der Waals surface area contributed by atoms with Gasteiger partial charge in [-0.1, -0.05) is 79.9 Å². The number of fused-ring (bicyclic) bond motifs is 1. The van der Waals surface area contributed by atoms with Gasteiger partial charge < -0.3 is 0 Å². The van der Waals surface area contributed by atoms with E-state index in [1.54, 1.807) is 0 Å². The van der Waals surface area contributed by atoms with E-state index in [0.717, 1.165) is 0 Å². The zero-order valence-electron chi connectivity index (χ0n) is 13.6. The van der Waals surface area contributed by atoms with Gasteiger partial charge in [0, 0.05) is 0 Å². The van der Waals surface area contributed by atoms with Gasteiger partial charge in [-0.3, -0.25) is 0 Å². The van der Waals surface area contributed by atoms with Crippen LogP contribution in [-0.2, 0) is 6.42 Å². The van der Waals surface area contributed by atoms with Crippen LogP contribution in [0, 0.1) is 6.92 Å². The van der Waals surface area contributed by atoms with Crippen LogP contribution in [0.1, 0.15) is 37.3 Å². The molecule has 0 fully saturated rings. The summed E-state index contributed by atoms with van der Waals surface area (Å²) in [4.78, 5) is 0. The first kappa shape index (κ1) is 14.8. The van der Waals surface area contributed by atoms with Crippen LogP contribution in [0.25, 0.3) is 21.9 Å². The van der Waals surface area contributed by atoms with Crippen LogP contribution in [0.3, 0.4) is 0 Å². The van der Waals surface area contributed by atoms with Crippen LogP contribution >= 0.6 is 0 Å². The molecule has 0 atom stereocenters. The van der Waals surface area contributed by atoms with E-state index in [4.69, 9.17) is 0 Å². The number of benzene rings is 3. The van der Waals surface area contributed by atoms with Crippen molar-refractivity contribution in [2.24, 2.45) is 0 Å². The average molecular weight is 288 g/mol. The lowest BCUT2D eigenvalue weighted by atomic mass is 9.98. The van der Waals surface area contributed by atoms with E-state index in [9.17, 15) is 0 Å². The van der Waals surface area contributed by atoms with Gasteiger partial charge >= 0.3 is 0 Å². The monoisotopic (exact) mass is 288 g/mol. The SMILES string of the molecule is CCCCCc1ccc(-c2ccc3cc(C)ccc3c2)cc1. The van der Waals surface area contributed by atoms with Crippen molar-refractivity contribution in [2.75, 3.05) is 0 Å². The number of unbranched alkanes of at least 4 members (excludes halogenated alkanes) is 2. The Balaban J connectivity index is 1.82. The van der Waals surface area contributed by atoms with E-state index in [-0.39, 0.29) is 0 Å². The molecule has 3 rings (SSSR count). The minimum Gasteiger partial charge on any atom is -0.0654 e. The molecular formula is C22H24. The van der Waals surface area contributed by atoms with Gasteiger partial charge in [0.1, 0.15) is 0 Å². The maximum Gasteiger partial charge on any atom is -0.0178 e. The summed E-state index contributed by atoms with van der Waals surface area (Å²) in [7, 11) is 0. The maximum absolute atomic E-state index is 2.29. The maximum atomic E-state index is 2.29. The van der Waals surface area contributed by atoms with E-state index >= 15 is 0 Å². The van der Waals surface area contributed by atoms with E-state index in [1.165, 1.54) is 58.7 Å². The second-order valence-corrected chi connectivity index (χ2v) is 6.22. The lowest BCUT2D eigenvalue weighted by molar-refractivity contribution is 0.717. The Bertz CT molecular complexity index is 751. The third kappa shape index (κ3) is 3.39. The fraction of sp³-hybridized carbons (Fsp3) is 0.273. The molecule has 112 valence electrons. The summed E-state index contributed by atoms with van der Waals surface area (Å²) >= 11 is 0. The third-order valence-corrected chi connectivity index (χ3v) is 4.35. The summed E-state index contributed by atoms with van der Waals surface area (Å²) in [5.74, 6) is 0. The molecule has 0 N–H and O–H groups in total. The standard InChI is InChI=1S/C22H24/c1-3-4-5-6-18-8-11-19(12-9-18)21-14-13-20-15-17(2)7-10-22(20)16-21/h7-16H,3-6H2,1-2H3. The summed E-state index contributed by atoms with van der Waals surface area (Å²) in [6.07, 6.45) is 5.11. The van der Waals surface area contributed by atoms with E-state index in [2.05, 4.69) is 74.5 Å². The van der Waals surface area contributed by atoms with Gasteiger partial charge in [0.05, 0.1) is 0 Å². The first-order valence-electron chi connectivity index (χ1n) is 8.36. The molecule has 0 heteroatoms. The zero-order chi connectivity index (χ0) is 15.4. The van der Waals surface area contributed by atoms with Gasteiger partial charge in [-0.05, 0) is 53.3 Å². The summed E-state index contributed by atoms with van der Waals surface area (Å²) in [6.45, 7) is 4.40. The van der Waals surface area contributed by atoms with Crippen LogP contribution < -0.4 is 0 Å². The first-order chi connectivity index (χ1) is 10.8. The van der Waals surface area contributed by atoms with Crippen molar-refractivity contribution in [1.82, 2.24) is 0 Å². The molecule has 0 spiro atoms. The number of rotatable bonds is 5. The van der Waals surface area contributed by atoms with Crippen molar-refractivity contribution in [3.8, 4) is 11.1 Å². The largest absolute Gasteiger partial charge is 0.0654 e. The van der Waals surface area contributed by atoms with Crippen molar-refractivity contribution in [2.45, 2.75) is 39.5 Å². The summed E-state index contributed by atoms with van der Waals surface area (Å²) in [6, 6.07) is 22.5. The van der Waals surface area contributed by atoms with Gasteiger partial charge in [0.15, 0.2) is 0 Å². The Kier molecular flexibility index (Phi) is 4.58. The highest BCUT2D eigenvalue weighted by atomic mass is 14.1. The van der Waals surface area contributed by atoms with Gasteiger partial charge in [0.25, 0.3) is 0 Å². The van der Waals surface area contributed by atoms with Crippen LogP contribution in [0.2, 0.25) is 0 Å². The van der Waals surface area contributed by atoms with Crippen molar-refractivity contribution < 1.29 is 0 Å². The molecule has 3 aromatic carbocycles. The molecule has 0 saturated carbocycles. The highest BCUT2D eigenvalue weighted by Gasteiger charge is 2.01. The molecule has 0 aliphatic rings. The first-order valence-corrected chi connectivity index (χ1v) is 8.36. The minimum absolute atomic E-state index is 1.20. The average Bonchev–Trinajstić information content (AvgIpc) is 2.55. The van der Waals surface area contributed by atoms with Crippen molar-refractivity contribution in [3.05, 3.63) is 71.8 Å². The smallest absolute Gasteiger partial charge is 0.0178 e. The molecule has 0 bridgehead atoms. The molecule has 0 nitrogen and oxygen atoms in total. The minimum atomic E-state index is 1.20.